The molecule has 0 N–H and O–H groups in total. The number of rotatable bonds is 8. The van der Waals surface area contributed by atoms with E-state index in [1.54, 1.807) is 41.7 Å². The molecule has 1 amide bonds. The quantitative estimate of drug-likeness (QED) is 0.687. The van der Waals surface area contributed by atoms with Crippen molar-refractivity contribution < 1.29 is 14.3 Å². The summed E-state index contributed by atoms with van der Waals surface area (Å²) in [5, 5.41) is 0.403. The number of imidazole rings is 1. The molecule has 0 fully saturated rings. The topological polar surface area (TPSA) is 64.4 Å². The average molecular weight is 350 g/mol. The monoisotopic (exact) mass is 349 g/mol. The molecule has 6 nitrogen and oxygen atoms in total. The van der Waals surface area contributed by atoms with E-state index in [2.05, 4.69) is 9.72 Å². The Hall–Kier alpha value is -2.34. The molecule has 0 bridgehead atoms. The number of benzene rings is 1. The minimum absolute atomic E-state index is 0.151. The largest absolute Gasteiger partial charge is 0.469 e. The molecule has 128 valence electrons. The van der Waals surface area contributed by atoms with Crippen LogP contribution in [0.3, 0.4) is 0 Å². The van der Waals surface area contributed by atoms with Crippen molar-refractivity contribution in [3.63, 3.8) is 0 Å². The summed E-state index contributed by atoms with van der Waals surface area (Å²) in [7, 11) is 1.33. The molecule has 2 aromatic rings. The van der Waals surface area contributed by atoms with E-state index in [1.807, 2.05) is 10.8 Å². The molecule has 2 rings (SSSR count). The minimum Gasteiger partial charge on any atom is -0.469 e. The van der Waals surface area contributed by atoms with Crippen LogP contribution in [0.15, 0.2) is 43.0 Å². The van der Waals surface area contributed by atoms with Crippen molar-refractivity contribution in [2.75, 3.05) is 20.2 Å². The number of carbonyl (C=O) groups is 2. The highest BCUT2D eigenvalue weighted by Gasteiger charge is 2.19. The first-order valence-corrected chi connectivity index (χ1v) is 8.06. The van der Waals surface area contributed by atoms with Gasteiger partial charge in [0.1, 0.15) is 0 Å². The molecule has 0 spiro atoms. The zero-order chi connectivity index (χ0) is 17.4. The van der Waals surface area contributed by atoms with Crippen LogP contribution in [-0.2, 0) is 16.1 Å². The molecule has 1 aromatic carbocycles. The van der Waals surface area contributed by atoms with Gasteiger partial charge in [-0.3, -0.25) is 9.59 Å². The third kappa shape index (κ3) is 5.09. The summed E-state index contributed by atoms with van der Waals surface area (Å²) in [6, 6.07) is 6.91. The zero-order valence-electron chi connectivity index (χ0n) is 13.5. The van der Waals surface area contributed by atoms with Gasteiger partial charge < -0.3 is 14.2 Å². The van der Waals surface area contributed by atoms with Crippen molar-refractivity contribution in [2.45, 2.75) is 19.4 Å². The van der Waals surface area contributed by atoms with E-state index < -0.39 is 0 Å². The lowest BCUT2D eigenvalue weighted by molar-refractivity contribution is -0.140. The molecule has 0 atom stereocenters. The van der Waals surface area contributed by atoms with E-state index in [1.165, 1.54) is 7.11 Å². The van der Waals surface area contributed by atoms with Gasteiger partial charge in [0.2, 0.25) is 0 Å². The van der Waals surface area contributed by atoms with Crippen LogP contribution in [0.25, 0.3) is 0 Å². The Labute approximate surface area is 146 Å². The number of hydrogen-bond donors (Lipinski definition) is 0. The second-order valence-electron chi connectivity index (χ2n) is 5.25. The van der Waals surface area contributed by atoms with Gasteiger partial charge in [-0.2, -0.15) is 0 Å². The molecular formula is C17H20ClN3O3. The Morgan fingerprint density at radius 2 is 2.08 bits per heavy atom. The highest BCUT2D eigenvalue weighted by atomic mass is 35.5. The minimum atomic E-state index is -0.346. The van der Waals surface area contributed by atoms with Crippen LogP contribution in [0, 0.1) is 0 Å². The van der Waals surface area contributed by atoms with Crippen molar-refractivity contribution >= 4 is 23.5 Å². The first-order valence-electron chi connectivity index (χ1n) is 7.68. The molecule has 1 heterocycles. The molecular weight excluding hydrogens is 330 g/mol. The highest BCUT2D eigenvalue weighted by molar-refractivity contribution is 6.33. The number of nitrogens with zero attached hydrogens (tertiary/aromatic N) is 3. The average Bonchev–Trinajstić information content (AvgIpc) is 3.10. The van der Waals surface area contributed by atoms with Crippen LogP contribution >= 0.6 is 11.6 Å². The molecule has 0 unspecified atom stereocenters. The van der Waals surface area contributed by atoms with Gasteiger partial charge in [-0.15, -0.1) is 0 Å². The number of aromatic nitrogens is 2. The predicted octanol–water partition coefficient (Wildman–Crippen LogP) is 2.63. The fourth-order valence-electron chi connectivity index (χ4n) is 2.31. The molecule has 0 aliphatic carbocycles. The van der Waals surface area contributed by atoms with Crippen LogP contribution in [-0.4, -0.2) is 46.5 Å². The lowest BCUT2D eigenvalue weighted by atomic mass is 10.2. The van der Waals surface area contributed by atoms with E-state index in [4.69, 9.17) is 11.6 Å². The molecule has 24 heavy (non-hydrogen) atoms. The molecule has 0 radical (unpaired) electrons. The van der Waals surface area contributed by atoms with Gasteiger partial charge in [0.15, 0.2) is 0 Å². The first kappa shape index (κ1) is 18.0. The number of esters is 1. The lowest BCUT2D eigenvalue weighted by Gasteiger charge is -2.23. The van der Waals surface area contributed by atoms with E-state index in [-0.39, 0.29) is 18.3 Å². The number of carbonyl (C=O) groups excluding carboxylic acids is 2. The fourth-order valence-corrected chi connectivity index (χ4v) is 2.53. The summed E-state index contributed by atoms with van der Waals surface area (Å²) in [4.78, 5) is 29.8. The van der Waals surface area contributed by atoms with Gasteiger partial charge in [0, 0.05) is 32.0 Å². The number of hydrogen-bond acceptors (Lipinski definition) is 4. The van der Waals surface area contributed by atoms with Crippen LogP contribution in [0.4, 0.5) is 0 Å². The normalized spacial score (nSPS) is 10.4. The highest BCUT2D eigenvalue weighted by Crippen LogP contribution is 2.17. The maximum atomic E-state index is 12.7. The lowest BCUT2D eigenvalue weighted by Crippen LogP contribution is -2.34. The molecule has 0 aliphatic heterocycles. The summed E-state index contributed by atoms with van der Waals surface area (Å²) in [6.07, 6.45) is 6.21. The maximum Gasteiger partial charge on any atom is 0.307 e. The van der Waals surface area contributed by atoms with Gasteiger partial charge in [-0.25, -0.2) is 4.98 Å². The summed E-state index contributed by atoms with van der Waals surface area (Å²) in [5.74, 6) is -0.531. The zero-order valence-corrected chi connectivity index (χ0v) is 14.3. The van der Waals surface area contributed by atoms with Crippen LogP contribution in [0.5, 0.6) is 0 Å². The molecule has 1 aromatic heterocycles. The number of amides is 1. The van der Waals surface area contributed by atoms with Crippen molar-refractivity contribution in [3.05, 3.63) is 53.6 Å². The van der Waals surface area contributed by atoms with Crippen molar-refractivity contribution in [1.29, 1.82) is 0 Å². The van der Waals surface area contributed by atoms with Crippen molar-refractivity contribution in [2.24, 2.45) is 0 Å². The SMILES string of the molecule is COC(=O)CCN(CCCn1ccnc1)C(=O)c1ccccc1Cl. The molecule has 0 saturated carbocycles. The predicted molar refractivity (Wildman–Crippen MR) is 90.8 cm³/mol. The Morgan fingerprint density at radius 1 is 1.29 bits per heavy atom. The third-order valence-electron chi connectivity index (χ3n) is 3.61. The smallest absolute Gasteiger partial charge is 0.307 e. The van der Waals surface area contributed by atoms with Gasteiger partial charge >= 0.3 is 5.97 Å². The Kier molecular flexibility index (Phi) is 6.81. The Morgan fingerprint density at radius 3 is 2.75 bits per heavy atom. The maximum absolute atomic E-state index is 12.7. The van der Waals surface area contributed by atoms with E-state index in [0.29, 0.717) is 23.7 Å². The summed E-state index contributed by atoms with van der Waals surface area (Å²) in [5.41, 5.74) is 0.437. The van der Waals surface area contributed by atoms with Gasteiger partial charge in [-0.05, 0) is 18.6 Å². The number of aryl methyl sites for hydroxylation is 1. The fraction of sp³-hybridized carbons (Fsp3) is 0.353. The summed E-state index contributed by atoms with van der Waals surface area (Å²) < 4.78 is 6.60. The van der Waals surface area contributed by atoms with Gasteiger partial charge in [0.25, 0.3) is 5.91 Å². The van der Waals surface area contributed by atoms with Crippen LogP contribution < -0.4 is 0 Å². The number of ether oxygens (including phenoxy) is 1. The molecule has 0 saturated heterocycles. The molecule has 7 heteroatoms. The standard InChI is InChI=1S/C17H20ClN3O3/c1-24-16(22)7-11-21(10-4-9-20-12-8-19-13-20)17(23)14-5-2-3-6-15(14)18/h2-3,5-6,8,12-13H,4,7,9-11H2,1H3. The third-order valence-corrected chi connectivity index (χ3v) is 3.94. The van der Waals surface area contributed by atoms with Crippen LogP contribution in [0.1, 0.15) is 23.2 Å². The number of methoxy groups -OCH3 is 1. The second kappa shape index (κ2) is 9.08. The van der Waals surface area contributed by atoms with E-state index in [0.717, 1.165) is 13.0 Å². The first-order chi connectivity index (χ1) is 11.6. The van der Waals surface area contributed by atoms with E-state index >= 15 is 0 Å². The Bertz CT molecular complexity index is 673. The molecule has 0 aliphatic rings. The van der Waals surface area contributed by atoms with Crippen molar-refractivity contribution in [1.82, 2.24) is 14.5 Å². The van der Waals surface area contributed by atoms with Crippen LogP contribution in [0.2, 0.25) is 5.02 Å². The van der Waals surface area contributed by atoms with Gasteiger partial charge in [-0.1, -0.05) is 23.7 Å². The van der Waals surface area contributed by atoms with Gasteiger partial charge in [0.05, 0.1) is 30.4 Å². The summed E-state index contributed by atoms with van der Waals surface area (Å²) in [6.45, 7) is 1.55. The van der Waals surface area contributed by atoms with E-state index in [9.17, 15) is 9.59 Å². The van der Waals surface area contributed by atoms with Crippen molar-refractivity contribution in [3.8, 4) is 0 Å². The Balaban J connectivity index is 2.02. The number of halogens is 1. The second-order valence-corrected chi connectivity index (χ2v) is 5.66. The summed E-state index contributed by atoms with van der Waals surface area (Å²) >= 11 is 6.12.